The van der Waals surface area contributed by atoms with Crippen LogP contribution >= 0.6 is 23.2 Å². The summed E-state index contributed by atoms with van der Waals surface area (Å²) in [5.74, 6) is -2.05. The average Bonchev–Trinajstić information content (AvgIpc) is 2.88. The van der Waals surface area contributed by atoms with Crippen LogP contribution in [0.15, 0.2) is 69.9 Å². The first-order valence-electron chi connectivity index (χ1n) is 10.8. The first-order chi connectivity index (χ1) is 18.0. The Kier molecular flexibility index (Phi) is 7.71. The predicted octanol–water partition coefficient (Wildman–Crippen LogP) is 7.42. The number of halogens is 5. The number of esters is 1. The zero-order valence-corrected chi connectivity index (χ0v) is 21.2. The van der Waals surface area contributed by atoms with Crippen molar-refractivity contribution in [2.75, 3.05) is 14.2 Å². The van der Waals surface area contributed by atoms with Crippen LogP contribution in [0.1, 0.15) is 11.3 Å². The topological polar surface area (TPSA) is 75.0 Å². The number of carbonyl (C=O) groups is 1. The Morgan fingerprint density at radius 2 is 1.66 bits per heavy atom. The Morgan fingerprint density at radius 3 is 2.32 bits per heavy atom. The summed E-state index contributed by atoms with van der Waals surface area (Å²) in [6.07, 6.45) is -2.49. The number of methoxy groups -OCH3 is 2. The lowest BCUT2D eigenvalue weighted by Gasteiger charge is -2.14. The second kappa shape index (κ2) is 10.8. The molecule has 0 aliphatic carbocycles. The van der Waals surface area contributed by atoms with Crippen molar-refractivity contribution in [1.29, 1.82) is 0 Å². The van der Waals surface area contributed by atoms with E-state index in [4.69, 9.17) is 41.8 Å². The number of carbonyl (C=O) groups excluding carboxylic acids is 1. The van der Waals surface area contributed by atoms with Gasteiger partial charge < -0.3 is 18.6 Å². The molecule has 0 unspecified atom stereocenters. The van der Waals surface area contributed by atoms with Crippen LogP contribution in [-0.4, -0.2) is 20.2 Å². The van der Waals surface area contributed by atoms with Gasteiger partial charge in [0, 0.05) is 12.1 Å². The van der Waals surface area contributed by atoms with E-state index in [1.807, 2.05) is 0 Å². The molecule has 0 aliphatic rings. The van der Waals surface area contributed by atoms with E-state index in [1.54, 1.807) is 12.1 Å². The molecule has 0 radical (unpaired) electrons. The molecule has 0 fully saturated rings. The van der Waals surface area contributed by atoms with Crippen LogP contribution in [-0.2, 0) is 11.0 Å². The van der Waals surface area contributed by atoms with Crippen molar-refractivity contribution in [2.45, 2.75) is 6.18 Å². The maximum atomic E-state index is 14.0. The van der Waals surface area contributed by atoms with Crippen molar-refractivity contribution in [3.8, 4) is 28.4 Å². The summed E-state index contributed by atoms with van der Waals surface area (Å²) in [5.41, 5.74) is -1.54. The third-order valence-electron chi connectivity index (χ3n) is 5.37. The molecule has 4 aromatic rings. The highest BCUT2D eigenvalue weighted by Gasteiger charge is 2.39. The van der Waals surface area contributed by atoms with Gasteiger partial charge in [0.05, 0.1) is 35.2 Å². The van der Waals surface area contributed by atoms with E-state index in [-0.39, 0.29) is 28.2 Å². The van der Waals surface area contributed by atoms with Gasteiger partial charge in [0.15, 0.2) is 11.5 Å². The normalized spacial score (nSPS) is 11.7. The van der Waals surface area contributed by atoms with Gasteiger partial charge in [-0.3, -0.25) is 4.79 Å². The van der Waals surface area contributed by atoms with E-state index >= 15 is 0 Å². The zero-order valence-electron chi connectivity index (χ0n) is 19.7. The standard InChI is InChI=1S/C27H17Cl2F3O6/c1-35-20-9-5-15(12-22(20)36-2)24-25(34)17-7-6-16(13-21(17)38-26(24)27(30,31)32)37-23(33)10-4-14-3-8-18(28)19(29)11-14/h3-13H,1-2H3. The van der Waals surface area contributed by atoms with E-state index in [0.29, 0.717) is 15.6 Å². The SMILES string of the molecule is COc1ccc(-c2c(C(F)(F)F)oc3cc(OC(=O)C=Cc4ccc(Cl)c(Cl)c4)ccc3c2=O)cc1OC. The van der Waals surface area contributed by atoms with E-state index in [2.05, 4.69) is 0 Å². The lowest BCUT2D eigenvalue weighted by molar-refractivity contribution is -0.152. The van der Waals surface area contributed by atoms with Gasteiger partial charge in [-0.15, -0.1) is 0 Å². The minimum absolute atomic E-state index is 0.0754. The van der Waals surface area contributed by atoms with Gasteiger partial charge in [0.1, 0.15) is 11.3 Å². The largest absolute Gasteiger partial charge is 0.493 e. The smallest absolute Gasteiger partial charge is 0.450 e. The number of hydrogen-bond donors (Lipinski definition) is 0. The monoisotopic (exact) mass is 564 g/mol. The van der Waals surface area contributed by atoms with E-state index in [1.165, 1.54) is 56.7 Å². The van der Waals surface area contributed by atoms with Crippen molar-refractivity contribution in [1.82, 2.24) is 0 Å². The molecule has 6 nitrogen and oxygen atoms in total. The summed E-state index contributed by atoms with van der Waals surface area (Å²) < 4.78 is 62.6. The predicted molar refractivity (Wildman–Crippen MR) is 137 cm³/mol. The second-order valence-electron chi connectivity index (χ2n) is 7.79. The second-order valence-corrected chi connectivity index (χ2v) is 8.60. The molecule has 3 aromatic carbocycles. The summed E-state index contributed by atoms with van der Waals surface area (Å²) in [7, 11) is 2.69. The Morgan fingerprint density at radius 1 is 0.921 bits per heavy atom. The van der Waals surface area contributed by atoms with Crippen molar-refractivity contribution in [3.63, 3.8) is 0 Å². The number of fused-ring (bicyclic) bond motifs is 1. The highest BCUT2D eigenvalue weighted by molar-refractivity contribution is 6.42. The Bertz CT molecular complexity index is 1630. The van der Waals surface area contributed by atoms with Gasteiger partial charge in [-0.1, -0.05) is 35.3 Å². The fourth-order valence-electron chi connectivity index (χ4n) is 3.62. The summed E-state index contributed by atoms with van der Waals surface area (Å²) >= 11 is 11.8. The zero-order chi connectivity index (χ0) is 27.6. The maximum absolute atomic E-state index is 14.0. The molecule has 1 heterocycles. The van der Waals surface area contributed by atoms with Gasteiger partial charge in [-0.25, -0.2) is 4.79 Å². The summed E-state index contributed by atoms with van der Waals surface area (Å²) in [6, 6.07) is 12.2. The quantitative estimate of drug-likeness (QED) is 0.138. The van der Waals surface area contributed by atoms with Crippen LogP contribution in [0.5, 0.6) is 17.2 Å². The maximum Gasteiger partial charge on any atom is 0.450 e. The van der Waals surface area contributed by atoms with Gasteiger partial charge in [-0.2, -0.15) is 13.2 Å². The third kappa shape index (κ3) is 5.64. The van der Waals surface area contributed by atoms with Crippen LogP contribution < -0.4 is 19.6 Å². The van der Waals surface area contributed by atoms with Crippen molar-refractivity contribution >= 4 is 46.2 Å². The van der Waals surface area contributed by atoms with Crippen LogP contribution in [0.3, 0.4) is 0 Å². The molecule has 0 atom stereocenters. The Labute approximate surface area is 223 Å². The van der Waals surface area contributed by atoms with Crippen molar-refractivity contribution in [3.05, 3.63) is 92.3 Å². The van der Waals surface area contributed by atoms with Crippen LogP contribution in [0.4, 0.5) is 13.2 Å². The van der Waals surface area contributed by atoms with Crippen molar-refractivity contribution in [2.24, 2.45) is 0 Å². The van der Waals surface area contributed by atoms with Crippen molar-refractivity contribution < 1.29 is 36.6 Å². The van der Waals surface area contributed by atoms with Gasteiger partial charge in [-0.05, 0) is 53.6 Å². The highest BCUT2D eigenvalue weighted by atomic mass is 35.5. The molecule has 1 aromatic heterocycles. The molecule has 0 saturated heterocycles. The number of ether oxygens (including phenoxy) is 3. The molecule has 0 bridgehead atoms. The molecule has 0 amide bonds. The Hall–Kier alpha value is -3.95. The summed E-state index contributed by atoms with van der Waals surface area (Å²) in [6.45, 7) is 0. The summed E-state index contributed by atoms with van der Waals surface area (Å²) in [5, 5.41) is 0.491. The molecular formula is C27H17Cl2F3O6. The molecular weight excluding hydrogens is 548 g/mol. The summed E-state index contributed by atoms with van der Waals surface area (Å²) in [4.78, 5) is 25.5. The number of rotatable bonds is 6. The van der Waals surface area contributed by atoms with E-state index in [0.717, 1.165) is 12.1 Å². The molecule has 0 saturated carbocycles. The Balaban J connectivity index is 1.72. The fourth-order valence-corrected chi connectivity index (χ4v) is 3.93. The third-order valence-corrected chi connectivity index (χ3v) is 6.11. The number of benzene rings is 3. The van der Waals surface area contributed by atoms with Gasteiger partial charge in [0.2, 0.25) is 11.2 Å². The average molecular weight is 565 g/mol. The molecule has 4 rings (SSSR count). The minimum Gasteiger partial charge on any atom is -0.493 e. The van der Waals surface area contributed by atoms with E-state index in [9.17, 15) is 22.8 Å². The lowest BCUT2D eigenvalue weighted by atomic mass is 10.0. The fraction of sp³-hybridized carbons (Fsp3) is 0.111. The molecule has 38 heavy (non-hydrogen) atoms. The lowest BCUT2D eigenvalue weighted by Crippen LogP contribution is -2.16. The molecule has 0 aliphatic heterocycles. The molecule has 0 spiro atoms. The van der Waals surface area contributed by atoms with Crippen LogP contribution in [0, 0.1) is 0 Å². The first kappa shape index (κ1) is 27.1. The molecule has 0 N–H and O–H groups in total. The van der Waals surface area contributed by atoms with Crippen LogP contribution in [0.25, 0.3) is 28.2 Å². The van der Waals surface area contributed by atoms with Gasteiger partial charge >= 0.3 is 12.1 Å². The van der Waals surface area contributed by atoms with Crippen LogP contribution in [0.2, 0.25) is 10.0 Å². The van der Waals surface area contributed by atoms with Gasteiger partial charge in [0.25, 0.3) is 0 Å². The first-order valence-corrected chi connectivity index (χ1v) is 11.5. The highest BCUT2D eigenvalue weighted by Crippen LogP contribution is 2.40. The molecule has 11 heteroatoms. The minimum atomic E-state index is -5.01. The number of hydrogen-bond acceptors (Lipinski definition) is 6. The van der Waals surface area contributed by atoms with E-state index < -0.39 is 34.5 Å². The molecule has 196 valence electrons. The number of alkyl halides is 3.